The molecule has 1 saturated heterocycles. The molecule has 0 bridgehead atoms. The Kier molecular flexibility index (Phi) is 6.26. The van der Waals surface area contributed by atoms with Gasteiger partial charge in [-0.3, -0.25) is 4.90 Å². The minimum Gasteiger partial charge on any atom is -0.301 e. The second-order valence-corrected chi connectivity index (χ2v) is 6.56. The summed E-state index contributed by atoms with van der Waals surface area (Å²) in [5.41, 5.74) is 1.17. The van der Waals surface area contributed by atoms with Crippen LogP contribution in [-0.2, 0) is 6.54 Å². The fraction of sp³-hybridized carbons (Fsp3) is 0.571. The molecule has 1 aromatic carbocycles. The minimum absolute atomic E-state index is 0.192. The maximum Gasteiger partial charge on any atom is 0.137 e. The van der Waals surface area contributed by atoms with Gasteiger partial charge in [-0.15, -0.1) is 0 Å². The van der Waals surface area contributed by atoms with Crippen molar-refractivity contribution < 1.29 is 4.39 Å². The van der Waals surface area contributed by atoms with Gasteiger partial charge in [0.15, 0.2) is 0 Å². The lowest BCUT2D eigenvalue weighted by Crippen LogP contribution is -2.31. The van der Waals surface area contributed by atoms with Gasteiger partial charge < -0.3 is 4.90 Å². The normalized spacial score (nSPS) is 18.5. The van der Waals surface area contributed by atoms with E-state index in [2.05, 4.69) is 41.7 Å². The SMILES string of the molecule is Fc1ccc(CN2CCCN(CCBr)CC2)cc1Br. The lowest BCUT2D eigenvalue weighted by atomic mass is 10.2. The van der Waals surface area contributed by atoms with Crippen LogP contribution in [0.2, 0.25) is 0 Å². The molecule has 106 valence electrons. The number of hydrogen-bond acceptors (Lipinski definition) is 2. The minimum atomic E-state index is -0.192. The van der Waals surface area contributed by atoms with Crippen molar-refractivity contribution in [2.24, 2.45) is 0 Å². The molecule has 5 heteroatoms. The van der Waals surface area contributed by atoms with Gasteiger partial charge in [0.2, 0.25) is 0 Å². The van der Waals surface area contributed by atoms with Crippen molar-refractivity contribution in [1.29, 1.82) is 0 Å². The molecule has 19 heavy (non-hydrogen) atoms. The molecule has 1 aromatic rings. The van der Waals surface area contributed by atoms with Gasteiger partial charge >= 0.3 is 0 Å². The Labute approximate surface area is 131 Å². The summed E-state index contributed by atoms with van der Waals surface area (Å²) in [5.74, 6) is -0.192. The summed E-state index contributed by atoms with van der Waals surface area (Å²) in [6.07, 6.45) is 1.20. The van der Waals surface area contributed by atoms with Crippen LogP contribution < -0.4 is 0 Å². The first kappa shape index (κ1) is 15.4. The number of halogens is 3. The third kappa shape index (κ3) is 4.81. The Morgan fingerprint density at radius 1 is 1.11 bits per heavy atom. The molecule has 1 aliphatic rings. The van der Waals surface area contributed by atoms with Gasteiger partial charge in [-0.25, -0.2) is 4.39 Å². The number of nitrogens with zero attached hydrogens (tertiary/aromatic N) is 2. The van der Waals surface area contributed by atoms with Gasteiger partial charge in [0.1, 0.15) is 5.82 Å². The molecule has 1 heterocycles. The third-order valence-corrected chi connectivity index (χ3v) is 4.43. The van der Waals surface area contributed by atoms with Crippen LogP contribution >= 0.6 is 31.9 Å². The fourth-order valence-electron chi connectivity index (χ4n) is 2.42. The van der Waals surface area contributed by atoms with Crippen LogP contribution in [0.15, 0.2) is 22.7 Å². The highest BCUT2D eigenvalue weighted by molar-refractivity contribution is 9.10. The van der Waals surface area contributed by atoms with Crippen LogP contribution in [0.25, 0.3) is 0 Å². The molecule has 0 aliphatic carbocycles. The highest BCUT2D eigenvalue weighted by Crippen LogP contribution is 2.18. The predicted octanol–water partition coefficient (Wildman–Crippen LogP) is 3.49. The fourth-order valence-corrected chi connectivity index (χ4v) is 3.35. The average Bonchev–Trinajstić information content (AvgIpc) is 2.60. The summed E-state index contributed by atoms with van der Waals surface area (Å²) < 4.78 is 13.8. The smallest absolute Gasteiger partial charge is 0.137 e. The summed E-state index contributed by atoms with van der Waals surface area (Å²) in [6.45, 7) is 6.52. The van der Waals surface area contributed by atoms with E-state index in [0.29, 0.717) is 4.47 Å². The number of rotatable bonds is 4. The molecule has 0 spiro atoms. The van der Waals surface area contributed by atoms with E-state index < -0.39 is 0 Å². The van der Waals surface area contributed by atoms with Crippen molar-refractivity contribution in [3.63, 3.8) is 0 Å². The van der Waals surface area contributed by atoms with E-state index in [1.165, 1.54) is 24.6 Å². The molecule has 0 radical (unpaired) electrons. The van der Waals surface area contributed by atoms with Crippen molar-refractivity contribution in [1.82, 2.24) is 9.80 Å². The Bertz CT molecular complexity index is 414. The maximum atomic E-state index is 13.2. The van der Waals surface area contributed by atoms with E-state index in [-0.39, 0.29) is 5.82 Å². The summed E-state index contributed by atoms with van der Waals surface area (Å²) >= 11 is 6.75. The molecule has 2 rings (SSSR count). The Morgan fingerprint density at radius 3 is 2.58 bits per heavy atom. The van der Waals surface area contributed by atoms with Crippen LogP contribution in [0, 0.1) is 5.82 Å². The summed E-state index contributed by atoms with van der Waals surface area (Å²) in [4.78, 5) is 4.95. The molecule has 0 saturated carbocycles. The van der Waals surface area contributed by atoms with E-state index in [0.717, 1.165) is 38.1 Å². The van der Waals surface area contributed by atoms with E-state index in [9.17, 15) is 4.39 Å². The predicted molar refractivity (Wildman–Crippen MR) is 84.2 cm³/mol. The lowest BCUT2D eigenvalue weighted by Gasteiger charge is -2.21. The monoisotopic (exact) mass is 392 g/mol. The second-order valence-electron chi connectivity index (χ2n) is 4.91. The van der Waals surface area contributed by atoms with E-state index in [4.69, 9.17) is 0 Å². The zero-order chi connectivity index (χ0) is 13.7. The van der Waals surface area contributed by atoms with Crippen molar-refractivity contribution in [3.8, 4) is 0 Å². The van der Waals surface area contributed by atoms with Gasteiger partial charge in [-0.1, -0.05) is 22.0 Å². The number of alkyl halides is 1. The Morgan fingerprint density at radius 2 is 1.84 bits per heavy atom. The average molecular weight is 394 g/mol. The van der Waals surface area contributed by atoms with Crippen LogP contribution in [0.3, 0.4) is 0 Å². The lowest BCUT2D eigenvalue weighted by molar-refractivity contribution is 0.258. The van der Waals surface area contributed by atoms with Crippen LogP contribution in [0.4, 0.5) is 4.39 Å². The topological polar surface area (TPSA) is 6.48 Å². The second kappa shape index (κ2) is 7.72. The zero-order valence-corrected chi connectivity index (χ0v) is 14.1. The van der Waals surface area contributed by atoms with Crippen LogP contribution in [0.1, 0.15) is 12.0 Å². The number of benzene rings is 1. The van der Waals surface area contributed by atoms with E-state index >= 15 is 0 Å². The molecule has 0 aromatic heterocycles. The Hall–Kier alpha value is 0.0300. The Balaban J connectivity index is 1.90. The van der Waals surface area contributed by atoms with Gasteiger partial charge in [0.05, 0.1) is 4.47 Å². The van der Waals surface area contributed by atoms with Crippen molar-refractivity contribution in [2.45, 2.75) is 13.0 Å². The third-order valence-electron chi connectivity index (χ3n) is 3.47. The van der Waals surface area contributed by atoms with Crippen LogP contribution in [-0.4, -0.2) is 47.9 Å². The molecule has 0 N–H and O–H groups in total. The van der Waals surface area contributed by atoms with Crippen molar-refractivity contribution in [3.05, 3.63) is 34.1 Å². The largest absolute Gasteiger partial charge is 0.301 e. The van der Waals surface area contributed by atoms with Gasteiger partial charge in [-0.05, 0) is 53.1 Å². The molecule has 2 nitrogen and oxygen atoms in total. The molecular weight excluding hydrogens is 375 g/mol. The first-order chi connectivity index (χ1) is 9.19. The first-order valence-electron chi connectivity index (χ1n) is 6.63. The molecule has 0 amide bonds. The molecule has 0 unspecified atom stereocenters. The van der Waals surface area contributed by atoms with Gasteiger partial charge in [0.25, 0.3) is 0 Å². The van der Waals surface area contributed by atoms with Crippen molar-refractivity contribution in [2.75, 3.05) is 38.1 Å². The van der Waals surface area contributed by atoms with Crippen LogP contribution in [0.5, 0.6) is 0 Å². The summed E-state index contributed by atoms with van der Waals surface area (Å²) in [6, 6.07) is 5.30. The molecule has 1 aliphatic heterocycles. The highest BCUT2D eigenvalue weighted by Gasteiger charge is 2.14. The maximum absolute atomic E-state index is 13.2. The van der Waals surface area contributed by atoms with Gasteiger partial charge in [-0.2, -0.15) is 0 Å². The van der Waals surface area contributed by atoms with Gasteiger partial charge in [0, 0.05) is 31.5 Å². The number of hydrogen-bond donors (Lipinski definition) is 0. The molecule has 0 atom stereocenters. The van der Waals surface area contributed by atoms with E-state index in [1.54, 1.807) is 0 Å². The highest BCUT2D eigenvalue weighted by atomic mass is 79.9. The summed E-state index contributed by atoms with van der Waals surface area (Å²) in [5, 5.41) is 1.04. The molecular formula is C14H19Br2FN2. The zero-order valence-electron chi connectivity index (χ0n) is 10.9. The quantitative estimate of drug-likeness (QED) is 0.722. The van der Waals surface area contributed by atoms with Crippen molar-refractivity contribution >= 4 is 31.9 Å². The molecule has 1 fully saturated rings. The van der Waals surface area contributed by atoms with E-state index in [1.807, 2.05) is 12.1 Å². The standard InChI is InChI=1S/C14H19Br2FN2/c15-4-7-18-5-1-6-19(9-8-18)11-12-2-3-14(17)13(16)10-12/h2-3,10H,1,4-9,11H2. The first-order valence-corrected chi connectivity index (χ1v) is 8.55. The summed E-state index contributed by atoms with van der Waals surface area (Å²) in [7, 11) is 0.